The second kappa shape index (κ2) is 5.01. The average molecular weight is 261 g/mol. The number of aryl methyl sites for hydroxylation is 1. The molecule has 5 heteroatoms. The fourth-order valence-electron chi connectivity index (χ4n) is 2.48. The summed E-state index contributed by atoms with van der Waals surface area (Å²) >= 11 is 0. The van der Waals surface area contributed by atoms with Crippen molar-refractivity contribution in [2.75, 3.05) is 6.54 Å². The van der Waals surface area contributed by atoms with Gasteiger partial charge in [-0.2, -0.15) is 0 Å². The van der Waals surface area contributed by atoms with Gasteiger partial charge in [-0.1, -0.05) is 6.07 Å². The molecular formula is C14H19N3O2. The molecule has 102 valence electrons. The third kappa shape index (κ3) is 2.33. The zero-order valence-electron chi connectivity index (χ0n) is 11.4. The molecule has 0 bridgehead atoms. The van der Waals surface area contributed by atoms with Gasteiger partial charge >= 0.3 is 5.97 Å². The van der Waals surface area contributed by atoms with E-state index < -0.39 is 11.9 Å². The van der Waals surface area contributed by atoms with E-state index in [0.29, 0.717) is 11.6 Å². The number of carbonyl (C=O) groups is 1. The van der Waals surface area contributed by atoms with Gasteiger partial charge in [-0.3, -0.25) is 4.79 Å². The van der Waals surface area contributed by atoms with Crippen LogP contribution < -0.4 is 5.73 Å². The monoisotopic (exact) mass is 261 g/mol. The van der Waals surface area contributed by atoms with Crippen LogP contribution in [-0.2, 0) is 4.79 Å². The first kappa shape index (κ1) is 13.5. The molecule has 0 aliphatic heterocycles. The lowest BCUT2D eigenvalue weighted by molar-refractivity contribution is -0.138. The van der Waals surface area contributed by atoms with Crippen molar-refractivity contribution in [3.8, 4) is 0 Å². The van der Waals surface area contributed by atoms with Crippen LogP contribution in [0.2, 0.25) is 0 Å². The SMILES string of the molecule is Cc1nc2cc(C(CN)C(=O)O)ccc2n1C(C)C. The van der Waals surface area contributed by atoms with Crippen LogP contribution in [0.5, 0.6) is 0 Å². The van der Waals surface area contributed by atoms with Crippen molar-refractivity contribution in [3.05, 3.63) is 29.6 Å². The third-order valence-corrected chi connectivity index (χ3v) is 3.34. The van der Waals surface area contributed by atoms with Gasteiger partial charge < -0.3 is 15.4 Å². The van der Waals surface area contributed by atoms with Gasteiger partial charge in [0, 0.05) is 12.6 Å². The smallest absolute Gasteiger partial charge is 0.312 e. The Morgan fingerprint density at radius 1 is 1.47 bits per heavy atom. The predicted molar refractivity (Wildman–Crippen MR) is 74.3 cm³/mol. The van der Waals surface area contributed by atoms with Gasteiger partial charge in [-0.05, 0) is 38.5 Å². The van der Waals surface area contributed by atoms with Crippen LogP contribution in [0.4, 0.5) is 0 Å². The number of hydrogen-bond donors (Lipinski definition) is 2. The zero-order chi connectivity index (χ0) is 14.2. The van der Waals surface area contributed by atoms with Gasteiger partial charge in [0.25, 0.3) is 0 Å². The lowest BCUT2D eigenvalue weighted by Gasteiger charge is -2.12. The summed E-state index contributed by atoms with van der Waals surface area (Å²) in [4.78, 5) is 15.6. The van der Waals surface area contributed by atoms with Crippen molar-refractivity contribution in [3.63, 3.8) is 0 Å². The molecular weight excluding hydrogens is 242 g/mol. The van der Waals surface area contributed by atoms with Crippen LogP contribution in [0, 0.1) is 6.92 Å². The summed E-state index contributed by atoms with van der Waals surface area (Å²) in [5.74, 6) is -0.641. The van der Waals surface area contributed by atoms with Gasteiger partial charge in [0.15, 0.2) is 0 Å². The zero-order valence-corrected chi connectivity index (χ0v) is 11.4. The maximum absolute atomic E-state index is 11.1. The number of benzene rings is 1. The van der Waals surface area contributed by atoms with Gasteiger partial charge in [0.05, 0.1) is 17.0 Å². The highest BCUT2D eigenvalue weighted by Gasteiger charge is 2.19. The van der Waals surface area contributed by atoms with Crippen LogP contribution in [0.25, 0.3) is 11.0 Å². The molecule has 0 radical (unpaired) electrons. The minimum absolute atomic E-state index is 0.0880. The fourth-order valence-corrected chi connectivity index (χ4v) is 2.48. The molecule has 0 saturated carbocycles. The number of aromatic nitrogens is 2. The quantitative estimate of drug-likeness (QED) is 0.882. The number of carboxylic acid groups (broad SMARTS) is 1. The van der Waals surface area contributed by atoms with E-state index in [1.807, 2.05) is 25.1 Å². The van der Waals surface area contributed by atoms with E-state index in [-0.39, 0.29) is 6.54 Å². The number of nitrogens with zero attached hydrogens (tertiary/aromatic N) is 2. The van der Waals surface area contributed by atoms with Crippen molar-refractivity contribution in [2.24, 2.45) is 5.73 Å². The summed E-state index contributed by atoms with van der Waals surface area (Å²) < 4.78 is 2.14. The summed E-state index contributed by atoms with van der Waals surface area (Å²) in [6.07, 6.45) is 0. The number of hydrogen-bond acceptors (Lipinski definition) is 3. The lowest BCUT2D eigenvalue weighted by Crippen LogP contribution is -2.21. The second-order valence-electron chi connectivity index (χ2n) is 5.00. The Bertz CT molecular complexity index is 616. The second-order valence-corrected chi connectivity index (χ2v) is 5.00. The fraction of sp³-hybridized carbons (Fsp3) is 0.429. The summed E-state index contributed by atoms with van der Waals surface area (Å²) in [6, 6.07) is 5.90. The van der Waals surface area contributed by atoms with Crippen LogP contribution in [0.15, 0.2) is 18.2 Å². The van der Waals surface area contributed by atoms with Crippen molar-refractivity contribution in [1.29, 1.82) is 0 Å². The van der Waals surface area contributed by atoms with Crippen LogP contribution in [0.3, 0.4) is 0 Å². The van der Waals surface area contributed by atoms with Gasteiger partial charge in [-0.15, -0.1) is 0 Å². The minimum atomic E-state index is -0.901. The molecule has 0 aliphatic carbocycles. The molecule has 0 amide bonds. The Labute approximate surface area is 112 Å². The normalized spacial score (nSPS) is 13.1. The maximum Gasteiger partial charge on any atom is 0.312 e. The molecule has 0 saturated heterocycles. The minimum Gasteiger partial charge on any atom is -0.481 e. The summed E-state index contributed by atoms with van der Waals surface area (Å²) in [7, 11) is 0. The number of imidazole rings is 1. The van der Waals surface area contributed by atoms with Gasteiger partial charge in [-0.25, -0.2) is 4.98 Å². The molecule has 1 heterocycles. The Balaban J connectivity index is 2.56. The lowest BCUT2D eigenvalue weighted by atomic mass is 9.99. The molecule has 0 aliphatic rings. The summed E-state index contributed by atoms with van der Waals surface area (Å²) in [5, 5.41) is 9.14. The molecule has 19 heavy (non-hydrogen) atoms. The molecule has 1 aromatic carbocycles. The molecule has 3 N–H and O–H groups in total. The van der Waals surface area contributed by atoms with Gasteiger partial charge in [0.1, 0.15) is 5.82 Å². The topological polar surface area (TPSA) is 81.1 Å². The first-order chi connectivity index (χ1) is 8.95. The van der Waals surface area contributed by atoms with E-state index in [1.54, 1.807) is 0 Å². The van der Waals surface area contributed by atoms with E-state index in [1.165, 1.54) is 0 Å². The molecule has 0 spiro atoms. The number of nitrogens with two attached hydrogens (primary N) is 1. The number of rotatable bonds is 4. The molecule has 5 nitrogen and oxygen atoms in total. The molecule has 1 aromatic heterocycles. The van der Waals surface area contributed by atoms with E-state index in [0.717, 1.165) is 16.9 Å². The highest BCUT2D eigenvalue weighted by Crippen LogP contribution is 2.24. The standard InChI is InChI=1S/C14H19N3O2/c1-8(2)17-9(3)16-12-6-10(4-5-13(12)17)11(7-15)14(18)19/h4-6,8,11H,7,15H2,1-3H3,(H,18,19). The highest BCUT2D eigenvalue weighted by atomic mass is 16.4. The Morgan fingerprint density at radius 3 is 2.68 bits per heavy atom. The first-order valence-corrected chi connectivity index (χ1v) is 6.37. The highest BCUT2D eigenvalue weighted by molar-refractivity contribution is 5.81. The number of aliphatic carboxylic acids is 1. The van der Waals surface area contributed by atoms with Crippen molar-refractivity contribution >= 4 is 17.0 Å². The average Bonchev–Trinajstić information content (AvgIpc) is 2.64. The van der Waals surface area contributed by atoms with Crippen molar-refractivity contribution < 1.29 is 9.90 Å². The van der Waals surface area contributed by atoms with E-state index >= 15 is 0 Å². The molecule has 2 aromatic rings. The Morgan fingerprint density at radius 2 is 2.16 bits per heavy atom. The largest absolute Gasteiger partial charge is 0.481 e. The van der Waals surface area contributed by atoms with Crippen LogP contribution in [-0.4, -0.2) is 27.2 Å². The third-order valence-electron chi connectivity index (χ3n) is 3.34. The Kier molecular flexibility index (Phi) is 3.57. The molecule has 1 atom stereocenters. The molecule has 2 rings (SSSR count). The first-order valence-electron chi connectivity index (χ1n) is 6.37. The van der Waals surface area contributed by atoms with Crippen LogP contribution >= 0.6 is 0 Å². The van der Waals surface area contributed by atoms with E-state index in [4.69, 9.17) is 10.8 Å². The van der Waals surface area contributed by atoms with Crippen molar-refractivity contribution in [1.82, 2.24) is 9.55 Å². The van der Waals surface area contributed by atoms with E-state index in [2.05, 4.69) is 23.4 Å². The Hall–Kier alpha value is -1.88. The predicted octanol–water partition coefficient (Wildman–Crippen LogP) is 2.05. The van der Waals surface area contributed by atoms with Gasteiger partial charge in [0.2, 0.25) is 0 Å². The number of fused-ring (bicyclic) bond motifs is 1. The molecule has 0 fully saturated rings. The maximum atomic E-state index is 11.1. The van der Waals surface area contributed by atoms with Crippen LogP contribution in [0.1, 0.15) is 37.2 Å². The van der Waals surface area contributed by atoms with Crippen molar-refractivity contribution in [2.45, 2.75) is 32.7 Å². The summed E-state index contributed by atoms with van der Waals surface area (Å²) in [5.41, 5.74) is 8.08. The molecule has 1 unspecified atom stereocenters. The summed E-state index contributed by atoms with van der Waals surface area (Å²) in [6.45, 7) is 6.24. The van der Waals surface area contributed by atoms with E-state index in [9.17, 15) is 4.79 Å². The number of carboxylic acids is 1.